The predicted octanol–water partition coefficient (Wildman–Crippen LogP) is 4.53. The zero-order valence-corrected chi connectivity index (χ0v) is 14.4. The van der Waals surface area contributed by atoms with E-state index in [0.717, 1.165) is 13.0 Å². The Kier molecular flexibility index (Phi) is 3.45. The van der Waals surface area contributed by atoms with E-state index < -0.39 is 0 Å². The van der Waals surface area contributed by atoms with Gasteiger partial charge in [0.2, 0.25) is 0 Å². The van der Waals surface area contributed by atoms with Gasteiger partial charge in [-0.3, -0.25) is 0 Å². The minimum absolute atomic E-state index is 0.128. The fourth-order valence-electron chi connectivity index (χ4n) is 2.92. The lowest BCUT2D eigenvalue weighted by Gasteiger charge is -2.31. The van der Waals surface area contributed by atoms with Gasteiger partial charge < -0.3 is 5.32 Å². The van der Waals surface area contributed by atoms with E-state index in [0.29, 0.717) is 0 Å². The molecular weight excluding hydrogens is 276 g/mol. The highest BCUT2D eigenvalue weighted by Gasteiger charge is 2.33. The van der Waals surface area contributed by atoms with Gasteiger partial charge in [-0.25, -0.2) is 4.98 Å². The van der Waals surface area contributed by atoms with Crippen LogP contribution in [-0.2, 0) is 18.4 Å². The molecule has 1 aromatic carbocycles. The number of aromatic nitrogens is 1. The fraction of sp³-hybridized carbons (Fsp3) is 0.500. The molecule has 0 fully saturated rings. The predicted molar refractivity (Wildman–Crippen MR) is 90.9 cm³/mol. The fourth-order valence-corrected chi connectivity index (χ4v) is 4.17. The second-order valence-corrected chi connectivity index (χ2v) is 8.76. The maximum atomic E-state index is 4.92. The molecule has 0 spiro atoms. The van der Waals surface area contributed by atoms with Gasteiger partial charge in [-0.15, -0.1) is 11.3 Å². The van der Waals surface area contributed by atoms with Crippen LogP contribution in [-0.4, -0.2) is 10.5 Å². The standard InChI is InChI=1S/C18H24N2S/c1-17(2,3)19-11-15-20-16-12-8-6-7-9-13(12)18(4,5)10-14(16)21-15/h6-9,19H,10-11H2,1-5H3. The average Bonchev–Trinajstić information content (AvgIpc) is 2.78. The summed E-state index contributed by atoms with van der Waals surface area (Å²) in [5.41, 5.74) is 4.29. The summed E-state index contributed by atoms with van der Waals surface area (Å²) in [5, 5.41) is 4.74. The maximum absolute atomic E-state index is 4.92. The minimum atomic E-state index is 0.128. The van der Waals surface area contributed by atoms with Crippen LogP contribution >= 0.6 is 11.3 Å². The van der Waals surface area contributed by atoms with E-state index >= 15 is 0 Å². The molecular formula is C18H24N2S. The molecule has 1 N–H and O–H groups in total. The van der Waals surface area contributed by atoms with Gasteiger partial charge in [0, 0.05) is 22.5 Å². The Morgan fingerprint density at radius 2 is 1.95 bits per heavy atom. The number of nitrogens with zero attached hydrogens (tertiary/aromatic N) is 1. The van der Waals surface area contributed by atoms with Crippen LogP contribution in [0.4, 0.5) is 0 Å². The topological polar surface area (TPSA) is 24.9 Å². The summed E-state index contributed by atoms with van der Waals surface area (Å²) in [4.78, 5) is 6.35. The zero-order chi connectivity index (χ0) is 15.3. The number of rotatable bonds is 2. The molecule has 0 radical (unpaired) electrons. The highest BCUT2D eigenvalue weighted by Crippen LogP contribution is 2.44. The van der Waals surface area contributed by atoms with Gasteiger partial charge in [0.15, 0.2) is 0 Å². The number of hydrogen-bond donors (Lipinski definition) is 1. The van der Waals surface area contributed by atoms with E-state index in [9.17, 15) is 0 Å². The van der Waals surface area contributed by atoms with Crippen LogP contribution < -0.4 is 5.32 Å². The van der Waals surface area contributed by atoms with Crippen molar-refractivity contribution in [3.63, 3.8) is 0 Å². The van der Waals surface area contributed by atoms with E-state index in [4.69, 9.17) is 4.98 Å². The van der Waals surface area contributed by atoms with Crippen molar-refractivity contribution in [1.82, 2.24) is 10.3 Å². The third kappa shape index (κ3) is 2.90. The molecule has 0 unspecified atom stereocenters. The van der Waals surface area contributed by atoms with Crippen molar-refractivity contribution in [1.29, 1.82) is 0 Å². The van der Waals surface area contributed by atoms with Gasteiger partial charge in [0.25, 0.3) is 0 Å². The zero-order valence-electron chi connectivity index (χ0n) is 13.6. The van der Waals surface area contributed by atoms with Crippen molar-refractivity contribution in [3.05, 3.63) is 39.7 Å². The maximum Gasteiger partial charge on any atom is 0.107 e. The van der Waals surface area contributed by atoms with E-state index in [1.165, 1.54) is 26.7 Å². The molecule has 1 aliphatic rings. The first-order valence-corrected chi connectivity index (χ1v) is 8.41. The number of thiazole rings is 1. The Labute approximate surface area is 131 Å². The first kappa shape index (κ1) is 14.7. The van der Waals surface area contributed by atoms with Crippen LogP contribution in [0.15, 0.2) is 24.3 Å². The van der Waals surface area contributed by atoms with Crippen molar-refractivity contribution < 1.29 is 0 Å². The summed E-state index contributed by atoms with van der Waals surface area (Å²) < 4.78 is 0. The van der Waals surface area contributed by atoms with Crippen LogP contribution in [0.3, 0.4) is 0 Å². The van der Waals surface area contributed by atoms with Gasteiger partial charge >= 0.3 is 0 Å². The van der Waals surface area contributed by atoms with Gasteiger partial charge in [-0.05, 0) is 38.2 Å². The molecule has 0 saturated heterocycles. The summed E-state index contributed by atoms with van der Waals surface area (Å²) >= 11 is 1.87. The molecule has 3 rings (SSSR count). The molecule has 21 heavy (non-hydrogen) atoms. The third-order valence-corrected chi connectivity index (χ3v) is 5.08. The average molecular weight is 300 g/mol. The molecule has 1 aliphatic carbocycles. The van der Waals surface area contributed by atoms with Gasteiger partial charge in [-0.1, -0.05) is 38.1 Å². The van der Waals surface area contributed by atoms with E-state index in [2.05, 4.69) is 64.2 Å². The SMILES string of the molecule is CC(C)(C)NCc1nc2c(s1)CC(C)(C)c1ccccc1-2. The number of benzene rings is 1. The minimum Gasteiger partial charge on any atom is -0.306 e. The molecule has 0 aliphatic heterocycles. The lowest BCUT2D eigenvalue weighted by molar-refractivity contribution is 0.424. The van der Waals surface area contributed by atoms with E-state index in [-0.39, 0.29) is 11.0 Å². The van der Waals surface area contributed by atoms with Crippen molar-refractivity contribution >= 4 is 11.3 Å². The molecule has 0 bridgehead atoms. The lowest BCUT2D eigenvalue weighted by atomic mass is 9.74. The quantitative estimate of drug-likeness (QED) is 0.881. The van der Waals surface area contributed by atoms with Crippen molar-refractivity contribution in [2.75, 3.05) is 0 Å². The first-order chi connectivity index (χ1) is 9.76. The smallest absolute Gasteiger partial charge is 0.107 e. The highest BCUT2D eigenvalue weighted by molar-refractivity contribution is 7.12. The summed E-state index contributed by atoms with van der Waals surface area (Å²) in [6, 6.07) is 8.73. The van der Waals surface area contributed by atoms with Gasteiger partial charge in [-0.2, -0.15) is 0 Å². The van der Waals surface area contributed by atoms with Crippen LogP contribution in [0.2, 0.25) is 0 Å². The number of hydrogen-bond acceptors (Lipinski definition) is 3. The first-order valence-electron chi connectivity index (χ1n) is 7.60. The lowest BCUT2D eigenvalue weighted by Crippen LogP contribution is -2.34. The second-order valence-electron chi connectivity index (χ2n) is 7.59. The summed E-state index contributed by atoms with van der Waals surface area (Å²) in [5.74, 6) is 0. The molecule has 2 aromatic rings. The molecule has 1 aromatic heterocycles. The van der Waals surface area contributed by atoms with Crippen LogP contribution in [0.25, 0.3) is 11.3 Å². The Hall–Kier alpha value is -1.19. The Balaban J connectivity index is 1.97. The molecule has 0 amide bonds. The number of fused-ring (bicyclic) bond motifs is 3. The normalized spacial score (nSPS) is 16.4. The molecule has 0 atom stereocenters. The number of nitrogens with one attached hydrogen (secondary N) is 1. The molecule has 3 heteroatoms. The second kappa shape index (κ2) is 4.92. The van der Waals surface area contributed by atoms with Crippen LogP contribution in [0.5, 0.6) is 0 Å². The highest BCUT2D eigenvalue weighted by atomic mass is 32.1. The summed E-state index contributed by atoms with van der Waals surface area (Å²) in [7, 11) is 0. The molecule has 0 saturated carbocycles. The van der Waals surface area contributed by atoms with Gasteiger partial charge in [0.1, 0.15) is 5.01 Å². The van der Waals surface area contributed by atoms with Crippen molar-refractivity contribution in [3.8, 4) is 11.3 Å². The molecule has 2 nitrogen and oxygen atoms in total. The van der Waals surface area contributed by atoms with Crippen LogP contribution in [0, 0.1) is 0 Å². The van der Waals surface area contributed by atoms with Gasteiger partial charge in [0.05, 0.1) is 5.69 Å². The monoisotopic (exact) mass is 300 g/mol. The van der Waals surface area contributed by atoms with Crippen molar-refractivity contribution in [2.24, 2.45) is 0 Å². The summed E-state index contributed by atoms with van der Waals surface area (Å²) in [6.07, 6.45) is 1.09. The summed E-state index contributed by atoms with van der Waals surface area (Å²) in [6.45, 7) is 12.1. The van der Waals surface area contributed by atoms with E-state index in [1.54, 1.807) is 0 Å². The molecule has 112 valence electrons. The largest absolute Gasteiger partial charge is 0.306 e. The van der Waals surface area contributed by atoms with Crippen LogP contribution in [0.1, 0.15) is 50.1 Å². The molecule has 1 heterocycles. The third-order valence-electron chi connectivity index (χ3n) is 4.03. The Morgan fingerprint density at radius 3 is 2.67 bits per heavy atom. The Morgan fingerprint density at radius 1 is 1.24 bits per heavy atom. The van der Waals surface area contributed by atoms with Crippen molar-refractivity contribution in [2.45, 2.75) is 58.5 Å². The Bertz CT molecular complexity index is 662. The van der Waals surface area contributed by atoms with E-state index in [1.807, 2.05) is 11.3 Å².